The highest BCUT2D eigenvalue weighted by Gasteiger charge is 2.49. The fraction of sp³-hybridized carbons (Fsp3) is 0.146. The molecule has 2 N–H and O–H groups in total. The number of benzene rings is 4. The molecule has 8 bridgehead atoms. The van der Waals surface area contributed by atoms with Crippen LogP contribution in [0.5, 0.6) is 11.8 Å². The first kappa shape index (κ1) is 34.1. The number of nitrogens with zero attached hydrogens (tertiary/aromatic N) is 2. The number of aromatic nitrogens is 4. The first-order valence-corrected chi connectivity index (χ1v) is 18.8. The van der Waals surface area contributed by atoms with Crippen LogP contribution in [0.1, 0.15) is 43.9 Å². The third kappa shape index (κ3) is 5.71. The molecule has 0 aliphatic carbocycles. The van der Waals surface area contributed by atoms with Crippen LogP contribution < -0.4 is 9.47 Å². The van der Waals surface area contributed by atoms with Crippen LogP contribution in [-0.2, 0) is 5.60 Å². The summed E-state index contributed by atoms with van der Waals surface area (Å²) in [6.07, 6.45) is 0. The van der Waals surface area contributed by atoms with Crippen LogP contribution in [0.3, 0.4) is 0 Å². The van der Waals surface area contributed by atoms with Crippen molar-refractivity contribution in [3.05, 3.63) is 157 Å². The van der Waals surface area contributed by atoms with Crippen LogP contribution in [0.2, 0.25) is 0 Å². The minimum absolute atomic E-state index is 0.0379. The number of carbonyl (C=O) groups is 1. The minimum Gasteiger partial charge on any atom is -0.463 e. The average Bonchev–Trinajstić information content (AvgIpc) is 4.02. The summed E-state index contributed by atoms with van der Waals surface area (Å²) < 4.78 is 13.5. The van der Waals surface area contributed by atoms with Gasteiger partial charge in [0.05, 0.1) is 27.9 Å². The van der Waals surface area contributed by atoms with Crippen molar-refractivity contribution in [1.82, 2.24) is 19.9 Å². The number of rotatable bonds is 6. The van der Waals surface area contributed by atoms with Gasteiger partial charge in [0.15, 0.2) is 11.3 Å². The van der Waals surface area contributed by atoms with Crippen molar-refractivity contribution in [2.24, 2.45) is 11.8 Å². The van der Waals surface area contributed by atoms with Gasteiger partial charge in [0.2, 0.25) is 11.8 Å². The lowest BCUT2D eigenvalue weighted by atomic mass is 9.75. The van der Waals surface area contributed by atoms with Crippen LogP contribution in [0.4, 0.5) is 0 Å². The quantitative estimate of drug-likeness (QED) is 0.167. The second-order valence-electron chi connectivity index (χ2n) is 14.7. The highest BCUT2D eigenvalue weighted by atomic mass is 16.6. The van der Waals surface area contributed by atoms with E-state index < -0.39 is 11.6 Å². The minimum atomic E-state index is -0.800. The van der Waals surface area contributed by atoms with Crippen molar-refractivity contribution in [1.29, 1.82) is 0 Å². The van der Waals surface area contributed by atoms with Gasteiger partial charge in [-0.3, -0.25) is 0 Å². The van der Waals surface area contributed by atoms with E-state index in [9.17, 15) is 4.79 Å². The predicted molar refractivity (Wildman–Crippen MR) is 220 cm³/mol. The van der Waals surface area contributed by atoms with Crippen LogP contribution >= 0.6 is 0 Å². The van der Waals surface area contributed by atoms with E-state index in [-0.39, 0.29) is 23.4 Å². The predicted octanol–water partition coefficient (Wildman–Crippen LogP) is 11.8. The summed E-state index contributed by atoms with van der Waals surface area (Å²) in [7, 11) is 0. The van der Waals surface area contributed by atoms with Crippen molar-refractivity contribution in [2.75, 3.05) is 0 Å². The molecule has 2 aliphatic rings. The molecule has 7 heteroatoms. The molecule has 4 aromatic carbocycles. The maximum Gasteiger partial charge on any atom is 0.364 e. The fourth-order valence-corrected chi connectivity index (χ4v) is 8.22. The molecular weight excluding hydrogens is 681 g/mol. The second-order valence-corrected chi connectivity index (χ2v) is 14.7. The number of hydrogen-bond donors (Lipinski definition) is 2. The lowest BCUT2D eigenvalue weighted by Gasteiger charge is -2.37. The molecule has 0 atom stereocenters. The van der Waals surface area contributed by atoms with Gasteiger partial charge < -0.3 is 19.4 Å². The van der Waals surface area contributed by atoms with Gasteiger partial charge in [-0.25, -0.2) is 14.8 Å². The lowest BCUT2D eigenvalue weighted by molar-refractivity contribution is -0.0138. The standard InChI is InChI=1S/C48H40N4O3/c1-29(2)48(30(3)4)44-40(32-19-11-6-12-20-32)36-26-25-35(49-36)39(31-17-9-5-10-18-31)43-47(53)54-45(51-43)41(33-21-13-7-14-22-33)37-27-28-38(50-37)42(46(52-44)55-48)34-23-15-8-16-24-34/h5-30,49-50H,1-4H3. The fourth-order valence-electron chi connectivity index (χ4n) is 8.22. The van der Waals surface area contributed by atoms with E-state index in [4.69, 9.17) is 19.4 Å². The van der Waals surface area contributed by atoms with Crippen LogP contribution in [0.15, 0.2) is 146 Å². The lowest BCUT2D eigenvalue weighted by Crippen LogP contribution is -2.41. The van der Waals surface area contributed by atoms with Gasteiger partial charge in [-0.2, -0.15) is 0 Å². The summed E-state index contributed by atoms with van der Waals surface area (Å²) >= 11 is 0. The van der Waals surface area contributed by atoms with Crippen molar-refractivity contribution >= 4 is 28.0 Å². The second kappa shape index (κ2) is 13.6. The van der Waals surface area contributed by atoms with Crippen molar-refractivity contribution in [3.8, 4) is 56.3 Å². The van der Waals surface area contributed by atoms with Gasteiger partial charge in [-0.1, -0.05) is 149 Å². The molecule has 9 rings (SSSR count). The normalized spacial score (nSPS) is 13.5. The molecule has 7 nitrogen and oxygen atoms in total. The number of H-pyrrole nitrogens is 2. The SMILES string of the molecule is CC(C)C1(C(C)C)Oc2nc1c(-c1ccccc1)c1ccc([nH]1)c(-c1ccccc1)c1nc(c(-c3ccccc3)c3ccc([nH]3)c2-c2ccccc2)OC1=O. The van der Waals surface area contributed by atoms with Crippen LogP contribution in [-0.4, -0.2) is 25.9 Å². The zero-order valence-corrected chi connectivity index (χ0v) is 31.1. The van der Waals surface area contributed by atoms with E-state index in [1.54, 1.807) is 0 Å². The molecular formula is C48H40N4O3. The topological polar surface area (TPSA) is 92.9 Å². The maximum absolute atomic E-state index is 14.1. The van der Waals surface area contributed by atoms with Gasteiger partial charge in [-0.15, -0.1) is 0 Å². The molecule has 0 saturated heterocycles. The summed E-state index contributed by atoms with van der Waals surface area (Å²) in [5, 5.41) is 0. The zero-order valence-electron chi connectivity index (χ0n) is 31.1. The van der Waals surface area contributed by atoms with Gasteiger partial charge in [0.1, 0.15) is 0 Å². The summed E-state index contributed by atoms with van der Waals surface area (Å²) in [6, 6.07) is 48.4. The highest BCUT2D eigenvalue weighted by Crippen LogP contribution is 2.51. The van der Waals surface area contributed by atoms with E-state index in [0.717, 1.165) is 61.1 Å². The molecule has 3 aromatic heterocycles. The van der Waals surface area contributed by atoms with Gasteiger partial charge in [0, 0.05) is 22.2 Å². The third-order valence-corrected chi connectivity index (χ3v) is 10.8. The van der Waals surface area contributed by atoms with Gasteiger partial charge in [-0.05, 0) is 58.4 Å². The zero-order chi connectivity index (χ0) is 37.7. The number of fused-ring (bicyclic) bond motifs is 8. The maximum atomic E-state index is 14.1. The summed E-state index contributed by atoms with van der Waals surface area (Å²) in [4.78, 5) is 32.2. The molecule has 0 unspecified atom stereocenters. The number of hydrogen-bond acceptors (Lipinski definition) is 5. The number of nitrogens with one attached hydrogen (secondary N) is 2. The Balaban J connectivity index is 1.55. The van der Waals surface area contributed by atoms with E-state index >= 15 is 0 Å². The average molecular weight is 721 g/mol. The Morgan fingerprint density at radius 3 is 1.31 bits per heavy atom. The monoisotopic (exact) mass is 720 g/mol. The largest absolute Gasteiger partial charge is 0.463 e. The molecule has 55 heavy (non-hydrogen) atoms. The molecule has 0 spiro atoms. The van der Waals surface area contributed by atoms with E-state index in [1.807, 2.05) is 115 Å². The van der Waals surface area contributed by atoms with Gasteiger partial charge >= 0.3 is 5.97 Å². The molecule has 0 saturated carbocycles. The number of aromatic amines is 2. The number of esters is 1. The summed E-state index contributed by atoms with van der Waals surface area (Å²) in [5.41, 5.74) is 10.0. The van der Waals surface area contributed by atoms with E-state index in [1.165, 1.54) is 0 Å². The molecule has 0 radical (unpaired) electrons. The van der Waals surface area contributed by atoms with Crippen molar-refractivity contribution in [3.63, 3.8) is 0 Å². The molecule has 7 aromatic rings. The Bertz CT molecular complexity index is 2710. The number of ether oxygens (including phenoxy) is 2. The van der Waals surface area contributed by atoms with E-state index in [2.05, 4.69) is 68.0 Å². The van der Waals surface area contributed by atoms with Crippen molar-refractivity contribution in [2.45, 2.75) is 33.3 Å². The molecule has 270 valence electrons. The van der Waals surface area contributed by atoms with E-state index in [0.29, 0.717) is 17.0 Å². The third-order valence-electron chi connectivity index (χ3n) is 10.8. The number of carbonyl (C=O) groups excluding carboxylic acids is 1. The molecule has 5 heterocycles. The van der Waals surface area contributed by atoms with Crippen LogP contribution in [0.25, 0.3) is 66.6 Å². The smallest absolute Gasteiger partial charge is 0.364 e. The molecule has 0 fully saturated rings. The summed E-state index contributed by atoms with van der Waals surface area (Å²) in [6.45, 7) is 8.83. The Labute approximate surface area is 319 Å². The molecule has 2 aliphatic heterocycles. The van der Waals surface area contributed by atoms with Crippen molar-refractivity contribution < 1.29 is 14.3 Å². The van der Waals surface area contributed by atoms with Crippen LogP contribution in [0, 0.1) is 11.8 Å². The Morgan fingerprint density at radius 2 is 0.855 bits per heavy atom. The first-order valence-electron chi connectivity index (χ1n) is 18.8. The summed E-state index contributed by atoms with van der Waals surface area (Å²) in [5.74, 6) is 0.298. The van der Waals surface area contributed by atoms with Gasteiger partial charge in [0.25, 0.3) is 0 Å². The molecule has 0 amide bonds. The Kier molecular flexibility index (Phi) is 8.42. The Morgan fingerprint density at radius 1 is 0.473 bits per heavy atom. The Hall–Kier alpha value is -6.73. The highest BCUT2D eigenvalue weighted by molar-refractivity contribution is 6.04. The first-order chi connectivity index (χ1) is 26.8.